The van der Waals surface area contributed by atoms with Crippen molar-refractivity contribution >= 4 is 71.5 Å². The van der Waals surface area contributed by atoms with E-state index in [0.717, 1.165) is 72.0 Å². The van der Waals surface area contributed by atoms with Crippen LogP contribution in [0.3, 0.4) is 0 Å². The van der Waals surface area contributed by atoms with Crippen molar-refractivity contribution in [2.24, 2.45) is 0 Å². The molecular weight excluding hydrogens is 671 g/mol. The molecule has 11 rings (SSSR count). The Morgan fingerprint density at radius 2 is 1.04 bits per heavy atom. The fourth-order valence-corrected chi connectivity index (χ4v) is 8.21. The van der Waals surface area contributed by atoms with Crippen molar-refractivity contribution in [3.63, 3.8) is 0 Å². The standard InChI is InChI=1S/C51H33N3O/c1-4-13-34(14-5-1)38-17-12-20-40(31-38)53(42-28-29-44-43-21-10-11-22-47(43)54(48(44)33-42)39-18-8-3-9-19-39)41-27-25-35-23-24-36-26-30-46-50(49(36)45(35)32-41)55-51(52-46)37-15-6-2-7-16-37/h1-33H. The third-order valence-corrected chi connectivity index (χ3v) is 10.8. The molecule has 0 aliphatic heterocycles. The van der Waals surface area contributed by atoms with E-state index in [0.29, 0.717) is 5.89 Å². The molecule has 55 heavy (non-hydrogen) atoms. The van der Waals surface area contributed by atoms with Gasteiger partial charge >= 0.3 is 0 Å². The van der Waals surface area contributed by atoms with Crippen molar-refractivity contribution < 1.29 is 4.42 Å². The van der Waals surface area contributed by atoms with Gasteiger partial charge in [0.15, 0.2) is 5.58 Å². The van der Waals surface area contributed by atoms with Crippen LogP contribution in [0.4, 0.5) is 17.1 Å². The van der Waals surface area contributed by atoms with E-state index in [1.165, 1.54) is 21.9 Å². The van der Waals surface area contributed by atoms with Gasteiger partial charge in [-0.1, -0.05) is 127 Å². The zero-order valence-electron chi connectivity index (χ0n) is 29.8. The molecule has 0 saturated carbocycles. The number of nitrogens with zero attached hydrogens (tertiary/aromatic N) is 3. The highest BCUT2D eigenvalue weighted by atomic mass is 16.3. The summed E-state index contributed by atoms with van der Waals surface area (Å²) < 4.78 is 9.00. The third kappa shape index (κ3) is 5.19. The summed E-state index contributed by atoms with van der Waals surface area (Å²) in [6.07, 6.45) is 0. The van der Waals surface area contributed by atoms with Crippen molar-refractivity contribution in [1.29, 1.82) is 0 Å². The summed E-state index contributed by atoms with van der Waals surface area (Å²) in [5.41, 5.74) is 11.6. The maximum Gasteiger partial charge on any atom is 0.227 e. The molecular formula is C51H33N3O. The smallest absolute Gasteiger partial charge is 0.227 e. The average Bonchev–Trinajstić information content (AvgIpc) is 3.84. The molecule has 0 amide bonds. The van der Waals surface area contributed by atoms with Gasteiger partial charge in [0.1, 0.15) is 5.52 Å². The number of anilines is 3. The van der Waals surface area contributed by atoms with E-state index in [1.54, 1.807) is 0 Å². The maximum atomic E-state index is 6.61. The van der Waals surface area contributed by atoms with Gasteiger partial charge in [-0.25, -0.2) is 4.98 Å². The zero-order valence-corrected chi connectivity index (χ0v) is 29.8. The molecule has 2 heterocycles. The van der Waals surface area contributed by atoms with E-state index in [4.69, 9.17) is 9.40 Å². The van der Waals surface area contributed by atoms with Crippen LogP contribution in [0.5, 0.6) is 0 Å². The summed E-state index contributed by atoms with van der Waals surface area (Å²) in [5, 5.41) is 6.86. The van der Waals surface area contributed by atoms with E-state index in [2.05, 4.69) is 179 Å². The molecule has 0 N–H and O–H groups in total. The first-order chi connectivity index (χ1) is 27.3. The fourth-order valence-electron chi connectivity index (χ4n) is 8.21. The van der Waals surface area contributed by atoms with E-state index >= 15 is 0 Å². The summed E-state index contributed by atoms with van der Waals surface area (Å²) >= 11 is 0. The SMILES string of the molecule is c1ccc(-c2cccc(N(c3ccc4ccc5ccc6nc(-c7ccccc7)oc6c5c4c3)c3ccc4c5ccccc5n(-c5ccccc5)c4c3)c2)cc1. The Morgan fingerprint density at radius 3 is 1.87 bits per heavy atom. The largest absolute Gasteiger partial charge is 0.435 e. The Labute approximate surface area is 317 Å². The lowest BCUT2D eigenvalue weighted by atomic mass is 9.99. The lowest BCUT2D eigenvalue weighted by Crippen LogP contribution is -2.10. The molecule has 11 aromatic rings. The first-order valence-corrected chi connectivity index (χ1v) is 18.6. The quantitative estimate of drug-likeness (QED) is 0.162. The van der Waals surface area contributed by atoms with Gasteiger partial charge < -0.3 is 13.9 Å². The molecule has 4 heteroatoms. The second-order valence-corrected chi connectivity index (χ2v) is 14.0. The lowest BCUT2D eigenvalue weighted by Gasteiger charge is -2.27. The van der Waals surface area contributed by atoms with Crippen molar-refractivity contribution in [3.05, 3.63) is 200 Å². The van der Waals surface area contributed by atoms with Crippen LogP contribution < -0.4 is 4.90 Å². The van der Waals surface area contributed by atoms with Crippen LogP contribution in [0.15, 0.2) is 205 Å². The van der Waals surface area contributed by atoms with Gasteiger partial charge in [0.25, 0.3) is 0 Å². The van der Waals surface area contributed by atoms with Gasteiger partial charge in [0.05, 0.1) is 11.0 Å². The molecule has 2 aromatic heterocycles. The van der Waals surface area contributed by atoms with Gasteiger partial charge in [-0.2, -0.15) is 0 Å². The van der Waals surface area contributed by atoms with Crippen LogP contribution in [0.1, 0.15) is 0 Å². The maximum absolute atomic E-state index is 6.61. The predicted molar refractivity (Wildman–Crippen MR) is 229 cm³/mol. The minimum atomic E-state index is 0.623. The Kier molecular flexibility index (Phi) is 7.14. The number of rotatable bonds is 6. The van der Waals surface area contributed by atoms with Crippen molar-refractivity contribution in [2.75, 3.05) is 4.90 Å². The molecule has 0 fully saturated rings. The topological polar surface area (TPSA) is 34.2 Å². The predicted octanol–water partition coefficient (Wildman–Crippen LogP) is 14.0. The second kappa shape index (κ2) is 12.6. The molecule has 0 bridgehead atoms. The average molecular weight is 704 g/mol. The van der Waals surface area contributed by atoms with Crippen molar-refractivity contribution in [2.45, 2.75) is 0 Å². The van der Waals surface area contributed by atoms with Gasteiger partial charge in [0, 0.05) is 44.5 Å². The van der Waals surface area contributed by atoms with Crippen LogP contribution in [0, 0.1) is 0 Å². The summed E-state index contributed by atoms with van der Waals surface area (Å²) in [7, 11) is 0. The van der Waals surface area contributed by atoms with E-state index in [9.17, 15) is 0 Å². The van der Waals surface area contributed by atoms with Gasteiger partial charge in [-0.05, 0) is 100 Å². The van der Waals surface area contributed by atoms with Crippen LogP contribution in [-0.2, 0) is 0 Å². The van der Waals surface area contributed by atoms with Crippen molar-refractivity contribution in [1.82, 2.24) is 9.55 Å². The second-order valence-electron chi connectivity index (χ2n) is 14.0. The zero-order chi connectivity index (χ0) is 36.3. The number of fused-ring (bicyclic) bond motifs is 8. The fraction of sp³-hybridized carbons (Fsp3) is 0. The highest BCUT2D eigenvalue weighted by Gasteiger charge is 2.20. The van der Waals surface area contributed by atoms with Crippen molar-refractivity contribution in [3.8, 4) is 28.3 Å². The third-order valence-electron chi connectivity index (χ3n) is 10.8. The van der Waals surface area contributed by atoms with Gasteiger partial charge in [0.2, 0.25) is 5.89 Å². The van der Waals surface area contributed by atoms with Crippen LogP contribution >= 0.6 is 0 Å². The number of oxazole rings is 1. The summed E-state index contributed by atoms with van der Waals surface area (Å²) in [5.74, 6) is 0.623. The highest BCUT2D eigenvalue weighted by Crippen LogP contribution is 2.43. The first-order valence-electron chi connectivity index (χ1n) is 18.6. The highest BCUT2D eigenvalue weighted by molar-refractivity contribution is 6.19. The van der Waals surface area contributed by atoms with Gasteiger partial charge in [-0.15, -0.1) is 0 Å². The molecule has 4 nitrogen and oxygen atoms in total. The minimum Gasteiger partial charge on any atom is -0.435 e. The molecule has 0 aliphatic rings. The molecule has 9 aromatic carbocycles. The Morgan fingerprint density at radius 1 is 0.418 bits per heavy atom. The first kappa shape index (κ1) is 31.1. The van der Waals surface area contributed by atoms with E-state index in [1.807, 2.05) is 30.3 Å². The molecule has 258 valence electrons. The molecule has 0 spiro atoms. The lowest BCUT2D eigenvalue weighted by molar-refractivity contribution is 0.623. The monoisotopic (exact) mass is 703 g/mol. The normalized spacial score (nSPS) is 11.6. The summed E-state index contributed by atoms with van der Waals surface area (Å²) in [4.78, 5) is 7.31. The Balaban J connectivity index is 1.17. The Hall–Kier alpha value is -7.43. The van der Waals surface area contributed by atoms with Crippen LogP contribution in [0.25, 0.3) is 82.7 Å². The van der Waals surface area contributed by atoms with Crippen LogP contribution in [-0.4, -0.2) is 9.55 Å². The number of aromatic nitrogens is 2. The van der Waals surface area contributed by atoms with E-state index < -0.39 is 0 Å². The number of para-hydroxylation sites is 2. The number of hydrogen-bond donors (Lipinski definition) is 0. The number of benzene rings is 9. The Bertz CT molecular complexity index is 3200. The molecule has 0 saturated heterocycles. The molecule has 0 radical (unpaired) electrons. The van der Waals surface area contributed by atoms with E-state index in [-0.39, 0.29) is 0 Å². The molecule has 0 atom stereocenters. The number of hydrogen-bond acceptors (Lipinski definition) is 3. The van der Waals surface area contributed by atoms with Gasteiger partial charge in [-0.3, -0.25) is 0 Å². The summed E-state index contributed by atoms with van der Waals surface area (Å²) in [6.45, 7) is 0. The molecule has 0 aliphatic carbocycles. The summed E-state index contributed by atoms with van der Waals surface area (Å²) in [6, 6.07) is 71.1. The molecule has 0 unspecified atom stereocenters. The minimum absolute atomic E-state index is 0.623. The van der Waals surface area contributed by atoms with Crippen LogP contribution in [0.2, 0.25) is 0 Å².